The first kappa shape index (κ1) is 18.4. The summed E-state index contributed by atoms with van der Waals surface area (Å²) in [6.45, 7) is 0.898. The number of nitrogens with one attached hydrogen (secondary N) is 3. The molecule has 0 unspecified atom stereocenters. The Balaban J connectivity index is 1.15. The first-order valence-corrected chi connectivity index (χ1v) is 10.1. The van der Waals surface area contributed by atoms with Gasteiger partial charge in [-0.3, -0.25) is 19.6 Å². The number of amides is 2. The molecular formula is C22H22N6O2. The van der Waals surface area contributed by atoms with Crippen LogP contribution in [0.2, 0.25) is 0 Å². The Morgan fingerprint density at radius 3 is 2.80 bits per heavy atom. The maximum atomic E-state index is 12.6. The molecule has 1 saturated heterocycles. The van der Waals surface area contributed by atoms with Crippen molar-refractivity contribution in [2.24, 2.45) is 5.92 Å². The van der Waals surface area contributed by atoms with Crippen molar-refractivity contribution < 1.29 is 9.59 Å². The number of anilines is 1. The van der Waals surface area contributed by atoms with E-state index in [2.05, 4.69) is 25.5 Å². The highest BCUT2D eigenvalue weighted by molar-refractivity contribution is 6.05. The molecule has 8 nitrogen and oxygen atoms in total. The number of H-pyrrole nitrogens is 2. The van der Waals surface area contributed by atoms with Crippen molar-refractivity contribution >= 4 is 39.6 Å². The number of nitrogens with zero attached hydrogens (tertiary/aromatic N) is 3. The molecule has 0 bridgehead atoms. The van der Waals surface area contributed by atoms with Crippen LogP contribution in [-0.4, -0.2) is 45.1 Å². The van der Waals surface area contributed by atoms with Gasteiger partial charge in [0.2, 0.25) is 11.8 Å². The van der Waals surface area contributed by atoms with Gasteiger partial charge >= 0.3 is 0 Å². The molecule has 5 rings (SSSR count). The molecule has 1 aliphatic heterocycles. The van der Waals surface area contributed by atoms with Gasteiger partial charge in [0.15, 0.2) is 5.82 Å². The third-order valence-electron chi connectivity index (χ3n) is 5.53. The van der Waals surface area contributed by atoms with Gasteiger partial charge < -0.3 is 10.3 Å². The van der Waals surface area contributed by atoms with E-state index in [9.17, 15) is 9.59 Å². The maximum Gasteiger partial charge on any atom is 0.229 e. The summed E-state index contributed by atoms with van der Waals surface area (Å²) in [5.74, 6) is 0.984. The fourth-order valence-corrected chi connectivity index (χ4v) is 3.98. The van der Waals surface area contributed by atoms with Crippen molar-refractivity contribution in [3.05, 3.63) is 54.4 Å². The van der Waals surface area contributed by atoms with Gasteiger partial charge in [-0.1, -0.05) is 24.3 Å². The van der Waals surface area contributed by atoms with E-state index in [1.165, 1.54) is 0 Å². The van der Waals surface area contributed by atoms with Crippen LogP contribution in [0, 0.1) is 5.92 Å². The number of rotatable bonds is 6. The Hall–Kier alpha value is -3.68. The van der Waals surface area contributed by atoms with Crippen LogP contribution >= 0.6 is 0 Å². The number of aryl methyl sites for hydroxylation is 1. The lowest BCUT2D eigenvalue weighted by Crippen LogP contribution is -2.33. The lowest BCUT2D eigenvalue weighted by molar-refractivity contribution is -0.126. The van der Waals surface area contributed by atoms with Gasteiger partial charge in [0.05, 0.1) is 22.5 Å². The molecule has 1 aliphatic rings. The highest BCUT2D eigenvalue weighted by atomic mass is 16.2. The number of carbonyl (C=O) groups excluding carboxylic acids is 2. The van der Waals surface area contributed by atoms with Gasteiger partial charge in [0.1, 0.15) is 5.82 Å². The number of imidazole rings is 1. The summed E-state index contributed by atoms with van der Waals surface area (Å²) in [5.41, 5.74) is 2.85. The monoisotopic (exact) mass is 402 g/mol. The quantitative estimate of drug-likeness (QED) is 0.431. The van der Waals surface area contributed by atoms with Gasteiger partial charge in [0.25, 0.3) is 0 Å². The molecule has 8 heteroatoms. The highest BCUT2D eigenvalue weighted by Crippen LogP contribution is 2.29. The Bertz CT molecular complexity index is 1190. The molecule has 1 atom stereocenters. The van der Waals surface area contributed by atoms with Gasteiger partial charge in [-0.15, -0.1) is 0 Å². The molecule has 2 aromatic heterocycles. The van der Waals surface area contributed by atoms with E-state index < -0.39 is 0 Å². The van der Waals surface area contributed by atoms with Crippen LogP contribution in [-0.2, 0) is 16.0 Å². The van der Waals surface area contributed by atoms with E-state index >= 15 is 0 Å². The summed E-state index contributed by atoms with van der Waals surface area (Å²) >= 11 is 0. The molecule has 0 radical (unpaired) electrons. The number of hydrogen-bond acceptors (Lipinski definition) is 4. The van der Waals surface area contributed by atoms with E-state index in [4.69, 9.17) is 0 Å². The largest absolute Gasteiger partial charge is 0.356 e. The summed E-state index contributed by atoms with van der Waals surface area (Å²) < 4.78 is 0. The zero-order valence-corrected chi connectivity index (χ0v) is 16.4. The molecule has 30 heavy (non-hydrogen) atoms. The number of benzene rings is 2. The van der Waals surface area contributed by atoms with Crippen molar-refractivity contribution in [3.8, 4) is 0 Å². The molecule has 2 aromatic carbocycles. The van der Waals surface area contributed by atoms with Crippen LogP contribution < -0.4 is 10.2 Å². The zero-order valence-electron chi connectivity index (χ0n) is 16.4. The van der Waals surface area contributed by atoms with Crippen LogP contribution in [0.4, 0.5) is 5.82 Å². The van der Waals surface area contributed by atoms with Crippen LogP contribution in [0.25, 0.3) is 21.9 Å². The predicted octanol–water partition coefficient (Wildman–Crippen LogP) is 2.54. The Morgan fingerprint density at radius 1 is 1.13 bits per heavy atom. The van der Waals surface area contributed by atoms with Crippen molar-refractivity contribution in [3.63, 3.8) is 0 Å². The number of carbonyl (C=O) groups is 2. The van der Waals surface area contributed by atoms with Crippen molar-refractivity contribution in [2.45, 2.75) is 19.3 Å². The zero-order chi connectivity index (χ0) is 20.5. The van der Waals surface area contributed by atoms with Gasteiger partial charge in [0, 0.05) is 31.3 Å². The second-order valence-corrected chi connectivity index (χ2v) is 7.59. The highest BCUT2D eigenvalue weighted by Gasteiger charge is 2.36. The minimum absolute atomic E-state index is 0.0744. The molecule has 3 N–H and O–H groups in total. The Kier molecular flexibility index (Phi) is 4.66. The third-order valence-corrected chi connectivity index (χ3v) is 5.53. The van der Waals surface area contributed by atoms with E-state index in [-0.39, 0.29) is 24.2 Å². The van der Waals surface area contributed by atoms with Crippen molar-refractivity contribution in [1.29, 1.82) is 0 Å². The Morgan fingerprint density at radius 2 is 1.93 bits per heavy atom. The normalized spacial score (nSPS) is 16.6. The standard InChI is InChI=1S/C22H22N6O2/c29-20-12-14(13-28(20)21-15-6-1-2-7-16(15)26-27-21)22(30)23-11-5-10-19-24-17-8-3-4-9-18(17)25-19/h1-4,6-9,14H,5,10-13H2,(H,23,30)(H,24,25)(H,26,27)/t14-/m0/s1. The minimum atomic E-state index is -0.362. The molecular weight excluding hydrogens is 380 g/mol. The summed E-state index contributed by atoms with van der Waals surface area (Å²) in [5, 5.41) is 11.1. The first-order chi connectivity index (χ1) is 14.7. The molecule has 2 amide bonds. The number of para-hydroxylation sites is 3. The second kappa shape index (κ2) is 7.62. The van der Waals surface area contributed by atoms with E-state index in [1.54, 1.807) is 4.90 Å². The molecule has 4 aromatic rings. The number of hydrogen-bond donors (Lipinski definition) is 3. The molecule has 1 fully saturated rings. The fourth-order valence-electron chi connectivity index (χ4n) is 3.98. The number of aromatic amines is 2. The minimum Gasteiger partial charge on any atom is -0.356 e. The SMILES string of the molecule is O=C(NCCCc1nc2ccccc2[nH]1)[C@H]1CC(=O)N(c2n[nH]c3ccccc23)C1. The van der Waals surface area contributed by atoms with Crippen LogP contribution in [0.15, 0.2) is 48.5 Å². The summed E-state index contributed by atoms with van der Waals surface area (Å²) in [7, 11) is 0. The van der Waals surface area contributed by atoms with E-state index in [0.29, 0.717) is 18.9 Å². The molecule has 152 valence electrons. The van der Waals surface area contributed by atoms with Crippen LogP contribution in [0.3, 0.4) is 0 Å². The van der Waals surface area contributed by atoms with E-state index in [1.807, 2.05) is 48.5 Å². The molecule has 0 saturated carbocycles. The second-order valence-electron chi connectivity index (χ2n) is 7.59. The maximum absolute atomic E-state index is 12.6. The summed E-state index contributed by atoms with van der Waals surface area (Å²) in [6, 6.07) is 15.6. The van der Waals surface area contributed by atoms with Gasteiger partial charge in [-0.05, 0) is 30.7 Å². The van der Waals surface area contributed by atoms with E-state index in [0.717, 1.165) is 40.6 Å². The van der Waals surface area contributed by atoms with Gasteiger partial charge in [-0.2, -0.15) is 5.10 Å². The van der Waals surface area contributed by atoms with Crippen molar-refractivity contribution in [1.82, 2.24) is 25.5 Å². The van der Waals surface area contributed by atoms with Crippen molar-refractivity contribution in [2.75, 3.05) is 18.0 Å². The number of aromatic nitrogens is 4. The van der Waals surface area contributed by atoms with Crippen LogP contribution in [0.5, 0.6) is 0 Å². The average Bonchev–Trinajstić information content (AvgIpc) is 3.46. The predicted molar refractivity (Wildman–Crippen MR) is 114 cm³/mol. The smallest absolute Gasteiger partial charge is 0.229 e. The summed E-state index contributed by atoms with van der Waals surface area (Å²) in [6.07, 6.45) is 1.74. The van der Waals surface area contributed by atoms with Crippen LogP contribution in [0.1, 0.15) is 18.7 Å². The lowest BCUT2D eigenvalue weighted by atomic mass is 10.1. The molecule has 0 spiro atoms. The lowest BCUT2D eigenvalue weighted by Gasteiger charge is -2.14. The Labute approximate surface area is 172 Å². The number of fused-ring (bicyclic) bond motifs is 2. The molecule has 3 heterocycles. The first-order valence-electron chi connectivity index (χ1n) is 10.1. The third kappa shape index (κ3) is 3.41. The van der Waals surface area contributed by atoms with Gasteiger partial charge in [-0.25, -0.2) is 4.98 Å². The molecule has 0 aliphatic carbocycles. The topological polar surface area (TPSA) is 107 Å². The fraction of sp³-hybridized carbons (Fsp3) is 0.273. The summed E-state index contributed by atoms with van der Waals surface area (Å²) in [4.78, 5) is 34.5. The average molecular weight is 402 g/mol.